The van der Waals surface area contributed by atoms with Crippen LogP contribution in [0.25, 0.3) is 0 Å². The van der Waals surface area contributed by atoms with E-state index in [-0.39, 0.29) is 34.9 Å². The van der Waals surface area contributed by atoms with Crippen LogP contribution in [0.15, 0.2) is 6.07 Å². The van der Waals surface area contributed by atoms with Crippen molar-refractivity contribution in [3.63, 3.8) is 0 Å². The first kappa shape index (κ1) is 20.3. The molecule has 1 aliphatic carbocycles. The monoisotopic (exact) mass is 396 g/mol. The standard InChI is InChI=1S/C19H32N4O3S/c1-14(2)17-11-16(21-23(17)15-7-10-27(25,26)12-15)18(24)20-13-19(22(3)4)8-5-6-9-19/h11,14-15H,5-10,12-13H2,1-4H3,(H,20,24)/t15-/m1/s1. The molecular formula is C19H32N4O3S. The Hall–Kier alpha value is -1.41. The number of sulfone groups is 1. The van der Waals surface area contributed by atoms with Gasteiger partial charge >= 0.3 is 0 Å². The van der Waals surface area contributed by atoms with E-state index >= 15 is 0 Å². The second kappa shape index (κ2) is 7.54. The molecule has 0 unspecified atom stereocenters. The summed E-state index contributed by atoms with van der Waals surface area (Å²) in [5.41, 5.74) is 1.33. The molecule has 1 saturated heterocycles. The van der Waals surface area contributed by atoms with Gasteiger partial charge in [0, 0.05) is 17.8 Å². The number of rotatable bonds is 6. The number of likely N-dealkylation sites (N-methyl/N-ethyl adjacent to an activating group) is 1. The quantitative estimate of drug-likeness (QED) is 0.795. The molecule has 0 spiro atoms. The molecule has 1 amide bonds. The molecule has 0 radical (unpaired) electrons. The minimum atomic E-state index is -3.00. The van der Waals surface area contributed by atoms with Gasteiger partial charge in [0.15, 0.2) is 9.84 Å². The number of hydrogen-bond acceptors (Lipinski definition) is 5. The molecule has 1 N–H and O–H groups in total. The zero-order chi connectivity index (χ0) is 19.8. The largest absolute Gasteiger partial charge is 0.349 e. The van der Waals surface area contributed by atoms with Crippen molar-refractivity contribution in [1.29, 1.82) is 0 Å². The molecule has 8 heteroatoms. The van der Waals surface area contributed by atoms with Crippen LogP contribution in [-0.4, -0.2) is 66.7 Å². The van der Waals surface area contributed by atoms with Crippen LogP contribution in [0.4, 0.5) is 0 Å². The van der Waals surface area contributed by atoms with Crippen molar-refractivity contribution >= 4 is 15.7 Å². The summed E-state index contributed by atoms with van der Waals surface area (Å²) < 4.78 is 25.5. The van der Waals surface area contributed by atoms with Crippen LogP contribution in [0, 0.1) is 0 Å². The van der Waals surface area contributed by atoms with Gasteiger partial charge in [-0.1, -0.05) is 26.7 Å². The number of nitrogens with zero attached hydrogens (tertiary/aromatic N) is 3. The lowest BCUT2D eigenvalue weighted by molar-refractivity contribution is 0.0894. The molecule has 1 saturated carbocycles. The van der Waals surface area contributed by atoms with Gasteiger partial charge in [-0.15, -0.1) is 0 Å². The molecule has 1 aromatic rings. The maximum atomic E-state index is 12.8. The fourth-order valence-electron chi connectivity index (χ4n) is 4.36. The first-order valence-electron chi connectivity index (χ1n) is 9.89. The smallest absolute Gasteiger partial charge is 0.271 e. The molecule has 1 aromatic heterocycles. The van der Waals surface area contributed by atoms with Crippen LogP contribution < -0.4 is 5.32 Å². The van der Waals surface area contributed by atoms with Gasteiger partial charge in [0.25, 0.3) is 5.91 Å². The lowest BCUT2D eigenvalue weighted by Crippen LogP contribution is -2.50. The third kappa shape index (κ3) is 4.21. The Morgan fingerprint density at radius 1 is 1.37 bits per heavy atom. The average molecular weight is 397 g/mol. The molecule has 0 bridgehead atoms. The topological polar surface area (TPSA) is 84.3 Å². The summed E-state index contributed by atoms with van der Waals surface area (Å²) in [6, 6.07) is 1.65. The van der Waals surface area contributed by atoms with E-state index in [0.717, 1.165) is 18.5 Å². The van der Waals surface area contributed by atoms with Gasteiger partial charge in [-0.2, -0.15) is 5.10 Å². The lowest BCUT2D eigenvalue weighted by Gasteiger charge is -2.36. The molecule has 27 heavy (non-hydrogen) atoms. The molecule has 7 nitrogen and oxygen atoms in total. The summed E-state index contributed by atoms with van der Waals surface area (Å²) >= 11 is 0. The molecule has 2 heterocycles. The minimum Gasteiger partial charge on any atom is -0.349 e. The van der Waals surface area contributed by atoms with Crippen molar-refractivity contribution in [3.8, 4) is 0 Å². The highest BCUT2D eigenvalue weighted by atomic mass is 32.2. The van der Waals surface area contributed by atoms with Crippen LogP contribution in [0.2, 0.25) is 0 Å². The molecule has 1 aliphatic heterocycles. The van der Waals surface area contributed by atoms with Gasteiger partial charge in [0.1, 0.15) is 5.69 Å². The van der Waals surface area contributed by atoms with E-state index in [1.807, 2.05) is 19.9 Å². The van der Waals surface area contributed by atoms with Crippen molar-refractivity contribution in [2.45, 2.75) is 63.5 Å². The van der Waals surface area contributed by atoms with E-state index < -0.39 is 9.84 Å². The normalized spacial score (nSPS) is 24.0. The predicted molar refractivity (Wildman–Crippen MR) is 106 cm³/mol. The van der Waals surface area contributed by atoms with Crippen molar-refractivity contribution in [2.24, 2.45) is 0 Å². The van der Waals surface area contributed by atoms with Crippen molar-refractivity contribution in [3.05, 3.63) is 17.5 Å². The second-order valence-electron chi connectivity index (χ2n) is 8.62. The number of nitrogens with one attached hydrogen (secondary N) is 1. The van der Waals surface area contributed by atoms with E-state index in [1.54, 1.807) is 4.68 Å². The molecule has 1 atom stereocenters. The summed E-state index contributed by atoms with van der Waals surface area (Å²) in [5, 5.41) is 7.59. The van der Waals surface area contributed by atoms with Gasteiger partial charge in [0.05, 0.1) is 17.5 Å². The fraction of sp³-hybridized carbons (Fsp3) is 0.789. The minimum absolute atomic E-state index is 0.0264. The molecule has 0 aromatic carbocycles. The Bertz CT molecular complexity index is 792. The van der Waals surface area contributed by atoms with E-state index in [1.165, 1.54) is 12.8 Å². The molecule has 2 fully saturated rings. The first-order valence-corrected chi connectivity index (χ1v) is 11.7. The first-order chi connectivity index (χ1) is 12.6. The van der Waals surface area contributed by atoms with Crippen molar-refractivity contribution in [2.75, 3.05) is 32.1 Å². The number of amides is 1. The Morgan fingerprint density at radius 2 is 2.04 bits per heavy atom. The third-order valence-corrected chi connectivity index (χ3v) is 7.95. The molecule has 2 aliphatic rings. The van der Waals surface area contributed by atoms with Crippen LogP contribution in [0.3, 0.4) is 0 Å². The van der Waals surface area contributed by atoms with Crippen LogP contribution >= 0.6 is 0 Å². The molecule has 3 rings (SSSR count). The number of aromatic nitrogens is 2. The SMILES string of the molecule is CC(C)c1cc(C(=O)NCC2(N(C)C)CCCC2)nn1[C@@H]1CCS(=O)(=O)C1. The summed E-state index contributed by atoms with van der Waals surface area (Å²) in [6.07, 6.45) is 5.12. The van der Waals surface area contributed by atoms with E-state index in [2.05, 4.69) is 29.4 Å². The summed E-state index contributed by atoms with van der Waals surface area (Å²) in [5.74, 6) is 0.302. The zero-order valence-corrected chi connectivity index (χ0v) is 17.7. The van der Waals surface area contributed by atoms with E-state index in [4.69, 9.17) is 0 Å². The van der Waals surface area contributed by atoms with E-state index in [0.29, 0.717) is 18.7 Å². The van der Waals surface area contributed by atoms with E-state index in [9.17, 15) is 13.2 Å². The predicted octanol–water partition coefficient (Wildman–Crippen LogP) is 1.97. The average Bonchev–Trinajstić information content (AvgIpc) is 3.30. The highest BCUT2D eigenvalue weighted by molar-refractivity contribution is 7.91. The Labute approximate surface area is 162 Å². The lowest BCUT2D eigenvalue weighted by atomic mass is 9.96. The fourth-order valence-corrected chi connectivity index (χ4v) is 6.05. The third-order valence-electron chi connectivity index (χ3n) is 6.20. The Morgan fingerprint density at radius 3 is 2.56 bits per heavy atom. The van der Waals surface area contributed by atoms with Gasteiger partial charge in [-0.3, -0.25) is 9.48 Å². The van der Waals surface area contributed by atoms with Crippen molar-refractivity contribution < 1.29 is 13.2 Å². The number of hydrogen-bond donors (Lipinski definition) is 1. The number of carbonyl (C=O) groups is 1. The Kier molecular flexibility index (Phi) is 5.68. The maximum Gasteiger partial charge on any atom is 0.271 e. The van der Waals surface area contributed by atoms with Gasteiger partial charge in [-0.05, 0) is 45.3 Å². The summed E-state index contributed by atoms with van der Waals surface area (Å²) in [7, 11) is 1.14. The van der Waals surface area contributed by atoms with Gasteiger partial charge in [-0.25, -0.2) is 8.42 Å². The Balaban J connectivity index is 1.76. The maximum absolute atomic E-state index is 12.8. The highest BCUT2D eigenvalue weighted by Crippen LogP contribution is 2.33. The highest BCUT2D eigenvalue weighted by Gasteiger charge is 2.37. The van der Waals surface area contributed by atoms with Gasteiger partial charge in [0.2, 0.25) is 0 Å². The summed E-state index contributed by atoms with van der Waals surface area (Å²) in [4.78, 5) is 15.0. The molecule has 152 valence electrons. The van der Waals surface area contributed by atoms with Crippen LogP contribution in [0.1, 0.15) is 74.1 Å². The summed E-state index contributed by atoms with van der Waals surface area (Å²) in [6.45, 7) is 4.69. The molecular weight excluding hydrogens is 364 g/mol. The van der Waals surface area contributed by atoms with Crippen LogP contribution in [-0.2, 0) is 9.84 Å². The van der Waals surface area contributed by atoms with Crippen molar-refractivity contribution in [1.82, 2.24) is 20.0 Å². The zero-order valence-electron chi connectivity index (χ0n) is 16.9. The van der Waals surface area contributed by atoms with Gasteiger partial charge < -0.3 is 10.2 Å². The number of carbonyl (C=O) groups excluding carboxylic acids is 1. The van der Waals surface area contributed by atoms with Crippen LogP contribution in [0.5, 0.6) is 0 Å². The second-order valence-corrected chi connectivity index (χ2v) is 10.8.